The molecule has 0 aliphatic carbocycles. The van der Waals surface area contributed by atoms with Crippen molar-refractivity contribution >= 4 is 5.82 Å². The molecule has 0 unspecified atom stereocenters. The largest absolute Gasteiger partial charge is 0.370 e. The molecular weight excluding hydrogens is 226 g/mol. The lowest BCUT2D eigenvalue weighted by Crippen LogP contribution is -2.10. The Hall–Kier alpha value is -1.91. The monoisotopic (exact) mass is 245 g/mol. The van der Waals surface area contributed by atoms with Crippen LogP contribution in [0.5, 0.6) is 0 Å². The van der Waals surface area contributed by atoms with E-state index in [1.165, 1.54) is 5.69 Å². The molecule has 0 aliphatic rings. The zero-order chi connectivity index (χ0) is 13.0. The van der Waals surface area contributed by atoms with Crippen LogP contribution in [-0.2, 0) is 19.9 Å². The molecule has 0 spiro atoms. The molecule has 2 aromatic rings. The summed E-state index contributed by atoms with van der Waals surface area (Å²) in [4.78, 5) is 8.81. The second-order valence-electron chi connectivity index (χ2n) is 4.29. The van der Waals surface area contributed by atoms with E-state index in [4.69, 9.17) is 0 Å². The van der Waals surface area contributed by atoms with Crippen molar-refractivity contribution in [2.24, 2.45) is 7.05 Å². The lowest BCUT2D eigenvalue weighted by atomic mass is 10.3. The highest BCUT2D eigenvalue weighted by molar-refractivity contribution is 5.35. The Labute approximate surface area is 107 Å². The van der Waals surface area contributed by atoms with E-state index in [0.29, 0.717) is 0 Å². The van der Waals surface area contributed by atoms with Gasteiger partial charge in [-0.25, -0.2) is 9.97 Å². The van der Waals surface area contributed by atoms with E-state index >= 15 is 0 Å². The van der Waals surface area contributed by atoms with E-state index in [0.717, 1.165) is 36.7 Å². The van der Waals surface area contributed by atoms with Crippen LogP contribution in [0.3, 0.4) is 0 Å². The van der Waals surface area contributed by atoms with E-state index in [-0.39, 0.29) is 0 Å². The normalized spacial score (nSPS) is 10.6. The second kappa shape index (κ2) is 5.62. The summed E-state index contributed by atoms with van der Waals surface area (Å²) in [5, 5.41) is 7.48. The summed E-state index contributed by atoms with van der Waals surface area (Å²) in [5.74, 6) is 1.79. The Balaban J connectivity index is 1.94. The SMILES string of the molecule is CCc1nc(C)cc(NCCc2ccnn2C)n1. The molecular formula is C13H19N5. The minimum atomic E-state index is 0.846. The summed E-state index contributed by atoms with van der Waals surface area (Å²) in [5.41, 5.74) is 2.22. The molecule has 0 aliphatic heterocycles. The maximum absolute atomic E-state index is 4.45. The van der Waals surface area contributed by atoms with Gasteiger partial charge in [-0.1, -0.05) is 6.92 Å². The van der Waals surface area contributed by atoms with Gasteiger partial charge in [0, 0.05) is 50.1 Å². The van der Waals surface area contributed by atoms with E-state index in [2.05, 4.69) is 27.3 Å². The third kappa shape index (κ3) is 3.06. The van der Waals surface area contributed by atoms with Crippen molar-refractivity contribution in [2.75, 3.05) is 11.9 Å². The number of aromatic nitrogens is 4. The molecule has 0 fully saturated rings. The fourth-order valence-corrected chi connectivity index (χ4v) is 1.84. The molecule has 0 radical (unpaired) electrons. The summed E-state index contributed by atoms with van der Waals surface area (Å²) < 4.78 is 1.89. The van der Waals surface area contributed by atoms with Crippen molar-refractivity contribution < 1.29 is 0 Å². The number of nitrogens with zero attached hydrogens (tertiary/aromatic N) is 4. The van der Waals surface area contributed by atoms with Crippen LogP contribution in [0.1, 0.15) is 24.1 Å². The van der Waals surface area contributed by atoms with Gasteiger partial charge in [0.1, 0.15) is 11.6 Å². The molecule has 2 heterocycles. The maximum atomic E-state index is 4.45. The lowest BCUT2D eigenvalue weighted by Gasteiger charge is -2.08. The lowest BCUT2D eigenvalue weighted by molar-refractivity contribution is 0.710. The minimum absolute atomic E-state index is 0.846. The van der Waals surface area contributed by atoms with Gasteiger partial charge in [0.2, 0.25) is 0 Å². The molecule has 18 heavy (non-hydrogen) atoms. The Morgan fingerprint density at radius 1 is 1.33 bits per heavy atom. The number of aryl methyl sites for hydroxylation is 3. The zero-order valence-electron chi connectivity index (χ0n) is 11.1. The van der Waals surface area contributed by atoms with Gasteiger partial charge >= 0.3 is 0 Å². The van der Waals surface area contributed by atoms with Gasteiger partial charge < -0.3 is 5.32 Å². The van der Waals surface area contributed by atoms with Gasteiger partial charge in [-0.2, -0.15) is 5.10 Å². The maximum Gasteiger partial charge on any atom is 0.130 e. The summed E-state index contributed by atoms with van der Waals surface area (Å²) in [6.45, 7) is 4.90. The van der Waals surface area contributed by atoms with Gasteiger partial charge in [-0.05, 0) is 13.0 Å². The number of hydrogen-bond acceptors (Lipinski definition) is 4. The van der Waals surface area contributed by atoms with Crippen molar-refractivity contribution in [2.45, 2.75) is 26.7 Å². The third-order valence-corrected chi connectivity index (χ3v) is 2.83. The standard InChI is InChI=1S/C13H19N5/c1-4-12-16-10(2)9-13(17-12)14-7-5-11-6-8-15-18(11)3/h6,8-9H,4-5,7H2,1-3H3,(H,14,16,17). The fraction of sp³-hybridized carbons (Fsp3) is 0.462. The number of anilines is 1. The van der Waals surface area contributed by atoms with Crippen molar-refractivity contribution in [1.82, 2.24) is 19.7 Å². The van der Waals surface area contributed by atoms with Crippen molar-refractivity contribution in [3.05, 3.63) is 35.5 Å². The average Bonchev–Trinajstić information content (AvgIpc) is 2.74. The molecule has 1 N–H and O–H groups in total. The molecule has 96 valence electrons. The van der Waals surface area contributed by atoms with Gasteiger partial charge in [0.25, 0.3) is 0 Å². The van der Waals surface area contributed by atoms with Crippen molar-refractivity contribution in [3.63, 3.8) is 0 Å². The molecule has 5 nitrogen and oxygen atoms in total. The highest BCUT2D eigenvalue weighted by Gasteiger charge is 2.01. The van der Waals surface area contributed by atoms with Crippen LogP contribution in [0.15, 0.2) is 18.3 Å². The average molecular weight is 245 g/mol. The van der Waals surface area contributed by atoms with Crippen LogP contribution in [0, 0.1) is 6.92 Å². The Morgan fingerprint density at radius 2 is 2.17 bits per heavy atom. The molecule has 0 atom stereocenters. The minimum Gasteiger partial charge on any atom is -0.370 e. The quantitative estimate of drug-likeness (QED) is 0.871. The summed E-state index contributed by atoms with van der Waals surface area (Å²) in [6.07, 6.45) is 3.61. The van der Waals surface area contributed by atoms with E-state index in [9.17, 15) is 0 Å². The number of nitrogens with one attached hydrogen (secondary N) is 1. The molecule has 2 rings (SSSR count). The zero-order valence-corrected chi connectivity index (χ0v) is 11.1. The summed E-state index contributed by atoms with van der Waals surface area (Å²) >= 11 is 0. The van der Waals surface area contributed by atoms with Crippen LogP contribution in [0.2, 0.25) is 0 Å². The second-order valence-corrected chi connectivity index (χ2v) is 4.29. The molecule has 0 saturated carbocycles. The Morgan fingerprint density at radius 3 is 2.83 bits per heavy atom. The summed E-state index contributed by atoms with van der Waals surface area (Å²) in [6, 6.07) is 4.01. The van der Waals surface area contributed by atoms with E-state index in [1.807, 2.05) is 37.0 Å². The topological polar surface area (TPSA) is 55.6 Å². The first-order valence-corrected chi connectivity index (χ1v) is 6.24. The molecule has 2 aromatic heterocycles. The van der Waals surface area contributed by atoms with Crippen molar-refractivity contribution in [3.8, 4) is 0 Å². The van der Waals surface area contributed by atoms with Crippen molar-refractivity contribution in [1.29, 1.82) is 0 Å². The van der Waals surface area contributed by atoms with Crippen LogP contribution < -0.4 is 5.32 Å². The van der Waals surface area contributed by atoms with Gasteiger partial charge in [0.05, 0.1) is 0 Å². The van der Waals surface area contributed by atoms with Gasteiger partial charge in [-0.15, -0.1) is 0 Å². The number of rotatable bonds is 5. The molecule has 5 heteroatoms. The van der Waals surface area contributed by atoms with Gasteiger partial charge in [-0.3, -0.25) is 4.68 Å². The first-order valence-electron chi connectivity index (χ1n) is 6.24. The van der Waals surface area contributed by atoms with Crippen LogP contribution >= 0.6 is 0 Å². The third-order valence-electron chi connectivity index (χ3n) is 2.83. The fourth-order valence-electron chi connectivity index (χ4n) is 1.84. The highest BCUT2D eigenvalue weighted by atomic mass is 15.3. The molecule has 0 bridgehead atoms. The molecule has 0 aromatic carbocycles. The van der Waals surface area contributed by atoms with E-state index < -0.39 is 0 Å². The Kier molecular flexibility index (Phi) is 3.92. The van der Waals surface area contributed by atoms with Gasteiger partial charge in [0.15, 0.2) is 0 Å². The first-order chi connectivity index (χ1) is 8.69. The summed E-state index contributed by atoms with van der Waals surface area (Å²) in [7, 11) is 1.96. The smallest absolute Gasteiger partial charge is 0.130 e. The first kappa shape index (κ1) is 12.5. The molecule has 0 amide bonds. The predicted molar refractivity (Wildman–Crippen MR) is 71.5 cm³/mol. The highest BCUT2D eigenvalue weighted by Crippen LogP contribution is 2.07. The van der Waals surface area contributed by atoms with Crippen LogP contribution in [0.25, 0.3) is 0 Å². The molecule has 0 saturated heterocycles. The van der Waals surface area contributed by atoms with Crippen LogP contribution in [-0.4, -0.2) is 26.3 Å². The Bertz CT molecular complexity index is 518. The predicted octanol–water partition coefficient (Wildman–Crippen LogP) is 1.74. The van der Waals surface area contributed by atoms with Crippen LogP contribution in [0.4, 0.5) is 5.82 Å². The van der Waals surface area contributed by atoms with E-state index in [1.54, 1.807) is 0 Å². The number of hydrogen-bond donors (Lipinski definition) is 1.